The molecule has 1 aliphatic heterocycles. The van der Waals surface area contributed by atoms with Crippen LogP contribution >= 0.6 is 15.9 Å². The molecule has 1 aromatic carbocycles. The van der Waals surface area contributed by atoms with Gasteiger partial charge in [-0.1, -0.05) is 15.9 Å². The zero-order chi connectivity index (χ0) is 12.8. The van der Waals surface area contributed by atoms with Gasteiger partial charge >= 0.3 is 0 Å². The Bertz CT molecular complexity index is 504. The van der Waals surface area contributed by atoms with Gasteiger partial charge in [-0.15, -0.1) is 0 Å². The number of hydrogen-bond acceptors (Lipinski definition) is 2. The molecule has 2 fully saturated rings. The molecule has 1 amide bonds. The first-order valence-corrected chi connectivity index (χ1v) is 6.75. The van der Waals surface area contributed by atoms with E-state index in [1.807, 2.05) is 0 Å². The third-order valence-electron chi connectivity index (χ3n) is 3.61. The van der Waals surface area contributed by atoms with Crippen molar-refractivity contribution in [3.8, 4) is 0 Å². The Morgan fingerprint density at radius 1 is 1.44 bits per heavy atom. The standard InChI is InChI=1S/C13H13BrFNO2/c14-9-3-4-11(15)10(5-9)13(8-1-2-8)7-18-6-12(17)16-13/h3-5,8H,1-2,6-7H2,(H,16,17)/t13-/m0/s1. The summed E-state index contributed by atoms with van der Waals surface area (Å²) in [5, 5.41) is 2.95. The van der Waals surface area contributed by atoms with E-state index in [2.05, 4.69) is 21.2 Å². The number of rotatable bonds is 2. The molecule has 1 atom stereocenters. The van der Waals surface area contributed by atoms with Crippen molar-refractivity contribution in [2.75, 3.05) is 13.2 Å². The van der Waals surface area contributed by atoms with E-state index >= 15 is 0 Å². The van der Waals surface area contributed by atoms with Crippen molar-refractivity contribution in [2.24, 2.45) is 5.92 Å². The summed E-state index contributed by atoms with van der Waals surface area (Å²) in [6.45, 7) is 0.404. The maximum Gasteiger partial charge on any atom is 0.246 e. The highest BCUT2D eigenvalue weighted by Crippen LogP contribution is 2.47. The highest BCUT2D eigenvalue weighted by Gasteiger charge is 2.50. The molecule has 2 aliphatic rings. The number of nitrogens with one attached hydrogen (secondary N) is 1. The van der Waals surface area contributed by atoms with Crippen molar-refractivity contribution in [2.45, 2.75) is 18.4 Å². The normalized spacial score (nSPS) is 28.0. The van der Waals surface area contributed by atoms with Gasteiger partial charge in [-0.05, 0) is 37.0 Å². The van der Waals surface area contributed by atoms with Crippen LogP contribution in [0.5, 0.6) is 0 Å². The molecular formula is C13H13BrFNO2. The van der Waals surface area contributed by atoms with Crippen LogP contribution in [0.15, 0.2) is 22.7 Å². The average Bonchev–Trinajstić information content (AvgIpc) is 3.16. The lowest BCUT2D eigenvalue weighted by Gasteiger charge is -2.39. The number of carbonyl (C=O) groups excluding carboxylic acids is 1. The minimum atomic E-state index is -0.691. The lowest BCUT2D eigenvalue weighted by atomic mass is 9.84. The number of benzene rings is 1. The molecule has 0 bridgehead atoms. The van der Waals surface area contributed by atoms with Gasteiger partial charge in [0.15, 0.2) is 0 Å². The van der Waals surface area contributed by atoms with Crippen molar-refractivity contribution in [3.05, 3.63) is 34.1 Å². The van der Waals surface area contributed by atoms with Gasteiger partial charge in [0.25, 0.3) is 0 Å². The van der Waals surface area contributed by atoms with Gasteiger partial charge in [0, 0.05) is 10.0 Å². The van der Waals surface area contributed by atoms with Gasteiger partial charge < -0.3 is 10.1 Å². The van der Waals surface area contributed by atoms with Crippen LogP contribution in [0.2, 0.25) is 0 Å². The second-order valence-corrected chi connectivity index (χ2v) is 5.83. The van der Waals surface area contributed by atoms with E-state index in [9.17, 15) is 9.18 Å². The van der Waals surface area contributed by atoms with Gasteiger partial charge in [0.1, 0.15) is 12.4 Å². The smallest absolute Gasteiger partial charge is 0.246 e. The van der Waals surface area contributed by atoms with E-state index in [0.29, 0.717) is 12.2 Å². The summed E-state index contributed by atoms with van der Waals surface area (Å²) >= 11 is 3.35. The molecule has 0 aromatic heterocycles. The third kappa shape index (κ3) is 1.95. The zero-order valence-corrected chi connectivity index (χ0v) is 11.3. The van der Waals surface area contributed by atoms with Crippen molar-refractivity contribution in [3.63, 3.8) is 0 Å². The van der Waals surface area contributed by atoms with Crippen LogP contribution in [-0.2, 0) is 15.1 Å². The van der Waals surface area contributed by atoms with Crippen molar-refractivity contribution in [1.82, 2.24) is 5.32 Å². The highest BCUT2D eigenvalue weighted by atomic mass is 79.9. The van der Waals surface area contributed by atoms with Crippen LogP contribution in [0, 0.1) is 11.7 Å². The number of ether oxygens (including phenoxy) is 1. The monoisotopic (exact) mass is 313 g/mol. The average molecular weight is 314 g/mol. The first-order chi connectivity index (χ1) is 8.62. The molecule has 1 saturated heterocycles. The summed E-state index contributed by atoms with van der Waals surface area (Å²) < 4.78 is 20.2. The van der Waals surface area contributed by atoms with E-state index < -0.39 is 5.54 Å². The summed E-state index contributed by atoms with van der Waals surface area (Å²) in [4.78, 5) is 11.6. The Morgan fingerprint density at radius 3 is 2.89 bits per heavy atom. The molecule has 0 unspecified atom stereocenters. The van der Waals surface area contributed by atoms with E-state index in [1.54, 1.807) is 12.1 Å². The Balaban J connectivity index is 2.08. The number of carbonyl (C=O) groups is 1. The van der Waals surface area contributed by atoms with E-state index in [-0.39, 0.29) is 24.2 Å². The predicted molar refractivity (Wildman–Crippen MR) is 67.5 cm³/mol. The SMILES string of the molecule is O=C1COC[C@@](c2cc(Br)ccc2F)(C2CC2)N1. The molecule has 1 aromatic rings. The van der Waals surface area contributed by atoms with Gasteiger partial charge in [-0.2, -0.15) is 0 Å². The lowest BCUT2D eigenvalue weighted by molar-refractivity contribution is -0.136. The molecule has 96 valence electrons. The van der Waals surface area contributed by atoms with Gasteiger partial charge in [-0.25, -0.2) is 4.39 Å². The van der Waals surface area contributed by atoms with E-state index in [0.717, 1.165) is 17.3 Å². The fraction of sp³-hybridized carbons (Fsp3) is 0.462. The molecule has 0 radical (unpaired) electrons. The fourth-order valence-electron chi connectivity index (χ4n) is 2.63. The van der Waals surface area contributed by atoms with E-state index in [1.165, 1.54) is 6.07 Å². The topological polar surface area (TPSA) is 38.3 Å². The summed E-state index contributed by atoms with van der Waals surface area (Å²) in [6, 6.07) is 4.82. The van der Waals surface area contributed by atoms with Crippen LogP contribution in [0.1, 0.15) is 18.4 Å². The molecular weight excluding hydrogens is 301 g/mol. The van der Waals surface area contributed by atoms with E-state index in [4.69, 9.17) is 4.74 Å². The molecule has 1 heterocycles. The summed E-state index contributed by atoms with van der Waals surface area (Å²) in [5.74, 6) is -0.200. The minimum absolute atomic E-state index is 0.0596. The molecule has 18 heavy (non-hydrogen) atoms. The second kappa shape index (κ2) is 4.31. The van der Waals surface area contributed by atoms with Gasteiger partial charge in [0.2, 0.25) is 5.91 Å². The van der Waals surface area contributed by atoms with Crippen LogP contribution in [0.25, 0.3) is 0 Å². The number of morpholine rings is 1. The predicted octanol–water partition coefficient (Wildman–Crippen LogP) is 2.34. The molecule has 1 N–H and O–H groups in total. The first kappa shape index (κ1) is 12.1. The quantitative estimate of drug-likeness (QED) is 0.910. The van der Waals surface area contributed by atoms with Crippen LogP contribution in [0.4, 0.5) is 4.39 Å². The maximum atomic E-state index is 14.1. The van der Waals surface area contributed by atoms with Crippen LogP contribution in [0.3, 0.4) is 0 Å². The Kier molecular flexibility index (Phi) is 2.90. The molecule has 1 aliphatic carbocycles. The number of amides is 1. The summed E-state index contributed by atoms with van der Waals surface area (Å²) in [5.41, 5.74) is -0.171. The molecule has 5 heteroatoms. The molecule has 0 spiro atoms. The first-order valence-electron chi connectivity index (χ1n) is 5.96. The number of hydrogen-bond donors (Lipinski definition) is 1. The summed E-state index contributed by atoms with van der Waals surface area (Å²) in [6.07, 6.45) is 1.99. The third-order valence-corrected chi connectivity index (χ3v) is 4.10. The van der Waals surface area contributed by atoms with Crippen LogP contribution in [-0.4, -0.2) is 19.1 Å². The Labute approximate surface area is 113 Å². The lowest BCUT2D eigenvalue weighted by Crippen LogP contribution is -2.56. The van der Waals surface area contributed by atoms with Crippen LogP contribution < -0.4 is 5.32 Å². The maximum absolute atomic E-state index is 14.1. The summed E-state index contributed by atoms with van der Waals surface area (Å²) in [7, 11) is 0. The Hall–Kier alpha value is -0.940. The molecule has 3 nitrogen and oxygen atoms in total. The van der Waals surface area contributed by atoms with Gasteiger partial charge in [0.05, 0.1) is 12.1 Å². The second-order valence-electron chi connectivity index (χ2n) is 4.91. The van der Waals surface area contributed by atoms with Crippen molar-refractivity contribution < 1.29 is 13.9 Å². The fourth-order valence-corrected chi connectivity index (χ4v) is 2.99. The molecule has 3 rings (SSSR count). The highest BCUT2D eigenvalue weighted by molar-refractivity contribution is 9.10. The zero-order valence-electron chi connectivity index (χ0n) is 9.71. The van der Waals surface area contributed by atoms with Crippen molar-refractivity contribution in [1.29, 1.82) is 0 Å². The van der Waals surface area contributed by atoms with Crippen molar-refractivity contribution >= 4 is 21.8 Å². The Morgan fingerprint density at radius 2 is 2.22 bits per heavy atom. The molecule has 1 saturated carbocycles. The minimum Gasteiger partial charge on any atom is -0.369 e. The largest absolute Gasteiger partial charge is 0.369 e. The van der Waals surface area contributed by atoms with Gasteiger partial charge in [-0.3, -0.25) is 4.79 Å². The number of halogens is 2.